The third-order valence-electron chi connectivity index (χ3n) is 6.14. The minimum absolute atomic E-state index is 0.0396. The zero-order chi connectivity index (χ0) is 23.7. The molecule has 0 spiro atoms. The molecule has 2 aromatic carbocycles. The van der Waals surface area contributed by atoms with E-state index in [-0.39, 0.29) is 12.1 Å². The van der Waals surface area contributed by atoms with Crippen molar-refractivity contribution in [3.63, 3.8) is 0 Å². The molecule has 0 aliphatic heterocycles. The second-order valence-electron chi connectivity index (χ2n) is 9.10. The summed E-state index contributed by atoms with van der Waals surface area (Å²) >= 11 is 0. The molecule has 1 atom stereocenters. The second kappa shape index (κ2) is 16.5. The first-order valence-corrected chi connectivity index (χ1v) is 13.2. The molecular formula is C30H44O3. The van der Waals surface area contributed by atoms with Crippen LogP contribution in [-0.2, 0) is 11.2 Å². The third kappa shape index (κ3) is 11.0. The van der Waals surface area contributed by atoms with Gasteiger partial charge in [-0.1, -0.05) is 95.9 Å². The van der Waals surface area contributed by atoms with Crippen LogP contribution in [0.25, 0.3) is 0 Å². The van der Waals surface area contributed by atoms with Crippen LogP contribution >= 0.6 is 0 Å². The third-order valence-corrected chi connectivity index (χ3v) is 6.14. The van der Waals surface area contributed by atoms with Crippen LogP contribution in [-0.4, -0.2) is 12.6 Å². The van der Waals surface area contributed by atoms with E-state index in [1.165, 1.54) is 69.8 Å². The molecule has 0 amide bonds. The molecule has 0 bridgehead atoms. The fourth-order valence-electron chi connectivity index (χ4n) is 3.99. The zero-order valence-corrected chi connectivity index (χ0v) is 21.1. The summed E-state index contributed by atoms with van der Waals surface area (Å²) in [5.74, 6) is 0.240. The van der Waals surface area contributed by atoms with Crippen molar-refractivity contribution >= 4 is 5.97 Å². The first kappa shape index (κ1) is 27.1. The Bertz CT molecular complexity index is 764. The van der Waals surface area contributed by atoms with Gasteiger partial charge in [0.15, 0.2) is 0 Å². The van der Waals surface area contributed by atoms with E-state index in [9.17, 15) is 4.79 Å². The molecule has 0 heterocycles. The molecule has 2 rings (SSSR count). The Morgan fingerprint density at radius 3 is 1.88 bits per heavy atom. The van der Waals surface area contributed by atoms with Crippen molar-refractivity contribution < 1.29 is 14.3 Å². The predicted octanol–water partition coefficient (Wildman–Crippen LogP) is 8.86. The largest absolute Gasteiger partial charge is 0.423 e. The van der Waals surface area contributed by atoms with E-state index >= 15 is 0 Å². The quantitative estimate of drug-likeness (QED) is 0.137. The van der Waals surface area contributed by atoms with Crippen LogP contribution in [0.4, 0.5) is 0 Å². The number of benzene rings is 2. The molecule has 182 valence electrons. The highest BCUT2D eigenvalue weighted by Crippen LogP contribution is 2.21. The van der Waals surface area contributed by atoms with Gasteiger partial charge in [0, 0.05) is 6.61 Å². The Labute approximate surface area is 201 Å². The average Bonchev–Trinajstić information content (AvgIpc) is 2.84. The minimum Gasteiger partial charge on any atom is -0.423 e. The Kier molecular flexibility index (Phi) is 13.5. The van der Waals surface area contributed by atoms with Gasteiger partial charge in [0.25, 0.3) is 0 Å². The van der Waals surface area contributed by atoms with Crippen molar-refractivity contribution in [1.82, 2.24) is 0 Å². The van der Waals surface area contributed by atoms with Gasteiger partial charge in [0.2, 0.25) is 0 Å². The summed E-state index contributed by atoms with van der Waals surface area (Å²) in [5, 5.41) is 0. The number of ether oxygens (including phenoxy) is 2. The van der Waals surface area contributed by atoms with Gasteiger partial charge in [-0.3, -0.25) is 0 Å². The molecule has 0 fully saturated rings. The number of hydrogen-bond donors (Lipinski definition) is 0. The van der Waals surface area contributed by atoms with Crippen LogP contribution in [0.2, 0.25) is 0 Å². The van der Waals surface area contributed by atoms with Gasteiger partial charge in [-0.05, 0) is 61.6 Å². The monoisotopic (exact) mass is 452 g/mol. The molecule has 0 aliphatic carbocycles. The lowest BCUT2D eigenvalue weighted by Crippen LogP contribution is -2.08. The van der Waals surface area contributed by atoms with E-state index in [4.69, 9.17) is 9.47 Å². The van der Waals surface area contributed by atoms with Crippen molar-refractivity contribution in [3.05, 3.63) is 65.2 Å². The molecule has 1 unspecified atom stereocenters. The minimum atomic E-state index is -0.316. The molecule has 0 aliphatic rings. The molecule has 0 saturated heterocycles. The number of carbonyl (C=O) groups is 1. The van der Waals surface area contributed by atoms with Crippen molar-refractivity contribution in [2.45, 2.75) is 104 Å². The van der Waals surface area contributed by atoms with E-state index in [0.717, 1.165) is 25.0 Å². The predicted molar refractivity (Wildman–Crippen MR) is 138 cm³/mol. The summed E-state index contributed by atoms with van der Waals surface area (Å²) in [4.78, 5) is 12.5. The van der Waals surface area contributed by atoms with E-state index in [2.05, 4.69) is 26.0 Å². The molecule has 0 radical (unpaired) electrons. The van der Waals surface area contributed by atoms with Crippen LogP contribution in [0.5, 0.6) is 5.75 Å². The van der Waals surface area contributed by atoms with Gasteiger partial charge in [-0.15, -0.1) is 0 Å². The van der Waals surface area contributed by atoms with E-state index in [1.54, 1.807) is 0 Å². The SMILES string of the molecule is CCCCCCCCCCCCc1ccc(C(=O)Oc2ccc(C(C)OCCC)cc2)cc1. The first-order valence-electron chi connectivity index (χ1n) is 13.2. The van der Waals surface area contributed by atoms with Gasteiger partial charge >= 0.3 is 5.97 Å². The number of esters is 1. The summed E-state index contributed by atoms with van der Waals surface area (Å²) in [6.07, 6.45) is 15.6. The molecule has 0 N–H and O–H groups in total. The van der Waals surface area contributed by atoms with Crippen LogP contribution in [0, 0.1) is 0 Å². The summed E-state index contributed by atoms with van der Waals surface area (Å²) in [6, 6.07) is 15.4. The van der Waals surface area contributed by atoms with Crippen LogP contribution < -0.4 is 4.74 Å². The Balaban J connectivity index is 1.66. The fraction of sp³-hybridized carbons (Fsp3) is 0.567. The number of hydrogen-bond acceptors (Lipinski definition) is 3. The number of carbonyl (C=O) groups excluding carboxylic acids is 1. The van der Waals surface area contributed by atoms with Crippen LogP contribution in [0.3, 0.4) is 0 Å². The van der Waals surface area contributed by atoms with Gasteiger partial charge in [-0.25, -0.2) is 4.79 Å². The second-order valence-corrected chi connectivity index (χ2v) is 9.10. The maximum absolute atomic E-state index is 12.5. The Morgan fingerprint density at radius 2 is 1.30 bits per heavy atom. The lowest BCUT2D eigenvalue weighted by Gasteiger charge is -2.13. The topological polar surface area (TPSA) is 35.5 Å². The number of unbranched alkanes of at least 4 members (excludes halogenated alkanes) is 9. The van der Waals surface area contributed by atoms with Crippen LogP contribution in [0.15, 0.2) is 48.5 Å². The van der Waals surface area contributed by atoms with Crippen molar-refractivity contribution in [1.29, 1.82) is 0 Å². The molecule has 0 saturated carbocycles. The number of aryl methyl sites for hydroxylation is 1. The highest BCUT2D eigenvalue weighted by molar-refractivity contribution is 5.91. The highest BCUT2D eigenvalue weighted by atomic mass is 16.5. The van der Waals surface area contributed by atoms with Gasteiger partial charge < -0.3 is 9.47 Å². The fourth-order valence-corrected chi connectivity index (χ4v) is 3.99. The maximum atomic E-state index is 12.5. The standard InChI is InChI=1S/C30H44O3/c1-4-6-7-8-9-10-11-12-13-14-15-26-16-18-28(19-17-26)30(31)33-29-22-20-27(21-23-29)25(3)32-24-5-2/h16-23,25H,4-15,24H2,1-3H3. The molecular weight excluding hydrogens is 408 g/mol. The molecule has 0 aromatic heterocycles. The Hall–Kier alpha value is -2.13. The first-order chi connectivity index (χ1) is 16.1. The Morgan fingerprint density at radius 1 is 0.727 bits per heavy atom. The maximum Gasteiger partial charge on any atom is 0.343 e. The van der Waals surface area contributed by atoms with Gasteiger partial charge in [0.1, 0.15) is 5.75 Å². The number of rotatable bonds is 17. The average molecular weight is 453 g/mol. The summed E-state index contributed by atoms with van der Waals surface area (Å²) in [6.45, 7) is 7.14. The van der Waals surface area contributed by atoms with Crippen LogP contribution in [0.1, 0.15) is 119 Å². The van der Waals surface area contributed by atoms with E-state index < -0.39 is 0 Å². The molecule has 33 heavy (non-hydrogen) atoms. The van der Waals surface area contributed by atoms with E-state index in [1.807, 2.05) is 43.3 Å². The van der Waals surface area contributed by atoms with Crippen molar-refractivity contribution in [3.8, 4) is 5.75 Å². The van der Waals surface area contributed by atoms with E-state index in [0.29, 0.717) is 11.3 Å². The summed E-state index contributed by atoms with van der Waals surface area (Å²) in [5.41, 5.74) is 2.96. The molecule has 3 heteroatoms. The van der Waals surface area contributed by atoms with Crippen molar-refractivity contribution in [2.24, 2.45) is 0 Å². The van der Waals surface area contributed by atoms with Crippen molar-refractivity contribution in [2.75, 3.05) is 6.61 Å². The smallest absolute Gasteiger partial charge is 0.343 e. The van der Waals surface area contributed by atoms with Gasteiger partial charge in [0.05, 0.1) is 11.7 Å². The van der Waals surface area contributed by atoms with Gasteiger partial charge in [-0.2, -0.15) is 0 Å². The normalized spacial score (nSPS) is 12.0. The lowest BCUT2D eigenvalue weighted by atomic mass is 10.0. The lowest BCUT2D eigenvalue weighted by molar-refractivity contribution is 0.0662. The highest BCUT2D eigenvalue weighted by Gasteiger charge is 2.10. The molecule has 3 nitrogen and oxygen atoms in total. The zero-order valence-electron chi connectivity index (χ0n) is 21.1. The summed E-state index contributed by atoms with van der Waals surface area (Å²) < 4.78 is 11.3. The summed E-state index contributed by atoms with van der Waals surface area (Å²) in [7, 11) is 0. The molecule has 2 aromatic rings.